The molecule has 0 rings (SSSR count). The first-order valence-corrected chi connectivity index (χ1v) is 7.55. The van der Waals surface area contributed by atoms with E-state index in [1.165, 1.54) is 0 Å². The molecule has 22 heavy (non-hydrogen) atoms. The average molecular weight is 318 g/mol. The first-order valence-electron chi connectivity index (χ1n) is 7.55. The van der Waals surface area contributed by atoms with Crippen LogP contribution in [0.3, 0.4) is 0 Å². The minimum absolute atomic E-state index is 0.235. The lowest BCUT2D eigenvalue weighted by molar-refractivity contribution is -0.156. The predicted molar refractivity (Wildman–Crippen MR) is 82.5 cm³/mol. The lowest BCUT2D eigenvalue weighted by Crippen LogP contribution is -2.25. The van der Waals surface area contributed by atoms with Gasteiger partial charge in [0.15, 0.2) is 0 Å². The zero-order chi connectivity index (χ0) is 17.2. The highest BCUT2D eigenvalue weighted by molar-refractivity contribution is 5.75. The molecule has 0 unspecified atom stereocenters. The summed E-state index contributed by atoms with van der Waals surface area (Å²) in [5.74, 6) is -0.485. The van der Waals surface area contributed by atoms with Gasteiger partial charge in [-0.15, -0.1) is 0 Å². The van der Waals surface area contributed by atoms with Gasteiger partial charge >= 0.3 is 11.9 Å². The minimum atomic E-state index is -0.492. The van der Waals surface area contributed by atoms with Crippen molar-refractivity contribution in [2.45, 2.75) is 41.5 Å². The summed E-state index contributed by atoms with van der Waals surface area (Å²) in [5.41, 5.74) is -0.985. The third-order valence-corrected chi connectivity index (χ3v) is 2.52. The van der Waals surface area contributed by atoms with Crippen LogP contribution in [0.2, 0.25) is 0 Å². The third-order valence-electron chi connectivity index (χ3n) is 2.52. The Hall–Kier alpha value is -1.14. The quantitative estimate of drug-likeness (QED) is 0.479. The normalized spacial score (nSPS) is 12.1. The van der Waals surface area contributed by atoms with Crippen molar-refractivity contribution in [1.29, 1.82) is 0 Å². The Morgan fingerprint density at radius 1 is 0.591 bits per heavy atom. The van der Waals surface area contributed by atoms with Crippen LogP contribution in [0, 0.1) is 10.8 Å². The van der Waals surface area contributed by atoms with Gasteiger partial charge < -0.3 is 18.9 Å². The Bertz CT molecular complexity index is 304. The smallest absolute Gasteiger partial charge is 0.311 e. The molecule has 0 saturated carbocycles. The molecule has 0 aromatic carbocycles. The zero-order valence-corrected chi connectivity index (χ0v) is 14.7. The van der Waals surface area contributed by atoms with E-state index in [-0.39, 0.29) is 25.2 Å². The molecule has 0 atom stereocenters. The molecule has 0 bridgehead atoms. The number of esters is 2. The van der Waals surface area contributed by atoms with E-state index < -0.39 is 10.8 Å². The van der Waals surface area contributed by atoms with Gasteiger partial charge in [-0.05, 0) is 41.5 Å². The fourth-order valence-electron chi connectivity index (χ4n) is 1.14. The molecule has 0 heterocycles. The van der Waals surface area contributed by atoms with Crippen LogP contribution in [0.1, 0.15) is 41.5 Å². The van der Waals surface area contributed by atoms with Crippen LogP contribution in [0.15, 0.2) is 0 Å². The fraction of sp³-hybridized carbons (Fsp3) is 0.875. The SMILES string of the molecule is CC(C)(C)C(=O)OCCOCCOCCOC(=O)C(C)(C)C. The summed E-state index contributed by atoms with van der Waals surface area (Å²) in [6, 6.07) is 0. The maximum atomic E-state index is 11.5. The van der Waals surface area contributed by atoms with Gasteiger partial charge in [0, 0.05) is 0 Å². The summed E-state index contributed by atoms with van der Waals surface area (Å²) in [6.45, 7) is 12.8. The number of ether oxygens (including phenoxy) is 4. The lowest BCUT2D eigenvalue weighted by Gasteiger charge is -2.16. The molecule has 130 valence electrons. The van der Waals surface area contributed by atoms with Gasteiger partial charge in [-0.2, -0.15) is 0 Å². The predicted octanol–water partition coefficient (Wildman–Crippen LogP) is 2.20. The number of carbonyl (C=O) groups excluding carboxylic acids is 2. The van der Waals surface area contributed by atoms with Crippen molar-refractivity contribution in [2.75, 3.05) is 39.6 Å². The summed E-state index contributed by atoms with van der Waals surface area (Å²) >= 11 is 0. The Balaban J connectivity index is 3.38. The van der Waals surface area contributed by atoms with Crippen LogP contribution in [0.4, 0.5) is 0 Å². The first kappa shape index (κ1) is 20.9. The Kier molecular flexibility index (Phi) is 9.28. The summed E-state index contributed by atoms with van der Waals surface area (Å²) in [7, 11) is 0. The molecule has 0 aromatic heterocycles. The van der Waals surface area contributed by atoms with E-state index in [0.29, 0.717) is 26.4 Å². The summed E-state index contributed by atoms with van der Waals surface area (Å²) in [4.78, 5) is 22.9. The molecule has 0 N–H and O–H groups in total. The third kappa shape index (κ3) is 10.6. The standard InChI is InChI=1S/C16H30O6/c1-15(2,3)13(17)21-11-9-19-7-8-20-10-12-22-14(18)16(4,5)6/h7-12H2,1-6H3. The van der Waals surface area contributed by atoms with E-state index in [4.69, 9.17) is 18.9 Å². The molecule has 0 fully saturated rings. The Morgan fingerprint density at radius 2 is 0.864 bits per heavy atom. The highest BCUT2D eigenvalue weighted by Gasteiger charge is 2.23. The Morgan fingerprint density at radius 3 is 1.14 bits per heavy atom. The molecule has 6 heteroatoms. The highest BCUT2D eigenvalue weighted by atomic mass is 16.6. The van der Waals surface area contributed by atoms with Gasteiger partial charge in [-0.1, -0.05) is 0 Å². The fourth-order valence-corrected chi connectivity index (χ4v) is 1.14. The second-order valence-corrected chi connectivity index (χ2v) is 7.00. The maximum absolute atomic E-state index is 11.5. The van der Waals surface area contributed by atoms with E-state index >= 15 is 0 Å². The van der Waals surface area contributed by atoms with Crippen LogP contribution in [0.5, 0.6) is 0 Å². The molecule has 0 amide bonds. The van der Waals surface area contributed by atoms with Crippen LogP contribution in [-0.2, 0) is 28.5 Å². The van der Waals surface area contributed by atoms with Gasteiger partial charge in [0.25, 0.3) is 0 Å². The molecule has 0 saturated heterocycles. The molecule has 0 aliphatic rings. The lowest BCUT2D eigenvalue weighted by atomic mass is 9.97. The van der Waals surface area contributed by atoms with Gasteiger partial charge in [-0.3, -0.25) is 9.59 Å². The molecule has 0 radical (unpaired) electrons. The van der Waals surface area contributed by atoms with Crippen molar-refractivity contribution in [3.8, 4) is 0 Å². The van der Waals surface area contributed by atoms with Crippen molar-refractivity contribution in [1.82, 2.24) is 0 Å². The summed E-state index contributed by atoms with van der Waals surface area (Å²) < 4.78 is 20.6. The van der Waals surface area contributed by atoms with Crippen molar-refractivity contribution < 1.29 is 28.5 Å². The number of hydrogen-bond acceptors (Lipinski definition) is 6. The monoisotopic (exact) mass is 318 g/mol. The molecule has 0 aliphatic heterocycles. The van der Waals surface area contributed by atoms with Gasteiger partial charge in [-0.25, -0.2) is 0 Å². The molecule has 6 nitrogen and oxygen atoms in total. The first-order chi connectivity index (χ1) is 10.0. The highest BCUT2D eigenvalue weighted by Crippen LogP contribution is 2.15. The second kappa shape index (κ2) is 9.79. The minimum Gasteiger partial charge on any atom is -0.463 e. The largest absolute Gasteiger partial charge is 0.463 e. The van der Waals surface area contributed by atoms with Crippen molar-refractivity contribution in [3.63, 3.8) is 0 Å². The van der Waals surface area contributed by atoms with Crippen molar-refractivity contribution in [2.24, 2.45) is 10.8 Å². The van der Waals surface area contributed by atoms with Crippen molar-refractivity contribution in [3.05, 3.63) is 0 Å². The molecular formula is C16H30O6. The second-order valence-electron chi connectivity index (χ2n) is 7.00. The van der Waals surface area contributed by atoms with E-state index in [1.807, 2.05) is 0 Å². The molecule has 0 aliphatic carbocycles. The van der Waals surface area contributed by atoms with Gasteiger partial charge in [0.05, 0.1) is 37.3 Å². The topological polar surface area (TPSA) is 71.1 Å². The number of hydrogen-bond donors (Lipinski definition) is 0. The van der Waals surface area contributed by atoms with Gasteiger partial charge in [0.2, 0.25) is 0 Å². The number of rotatable bonds is 9. The van der Waals surface area contributed by atoms with Crippen LogP contribution >= 0.6 is 0 Å². The average Bonchev–Trinajstić information content (AvgIpc) is 2.38. The van der Waals surface area contributed by atoms with Crippen molar-refractivity contribution >= 4 is 11.9 Å². The summed E-state index contributed by atoms with van der Waals surface area (Å²) in [6.07, 6.45) is 0. The zero-order valence-electron chi connectivity index (χ0n) is 14.7. The van der Waals surface area contributed by atoms with E-state index in [9.17, 15) is 9.59 Å². The van der Waals surface area contributed by atoms with Crippen LogP contribution in [-0.4, -0.2) is 51.6 Å². The van der Waals surface area contributed by atoms with E-state index in [0.717, 1.165) is 0 Å². The van der Waals surface area contributed by atoms with Crippen LogP contribution < -0.4 is 0 Å². The molecule has 0 spiro atoms. The molecular weight excluding hydrogens is 288 g/mol. The van der Waals surface area contributed by atoms with Crippen LogP contribution in [0.25, 0.3) is 0 Å². The Labute approximate surface area is 133 Å². The maximum Gasteiger partial charge on any atom is 0.311 e. The van der Waals surface area contributed by atoms with Gasteiger partial charge in [0.1, 0.15) is 13.2 Å². The molecule has 0 aromatic rings. The summed E-state index contributed by atoms with van der Waals surface area (Å²) in [5, 5.41) is 0. The number of carbonyl (C=O) groups is 2. The van der Waals surface area contributed by atoms with E-state index in [1.54, 1.807) is 41.5 Å². The van der Waals surface area contributed by atoms with E-state index in [2.05, 4.69) is 0 Å².